The summed E-state index contributed by atoms with van der Waals surface area (Å²) in [6, 6.07) is 4.79. The van der Waals surface area contributed by atoms with E-state index in [1.165, 1.54) is 26.4 Å². The molecule has 1 aliphatic carbocycles. The summed E-state index contributed by atoms with van der Waals surface area (Å²) < 4.78 is 48.5. The van der Waals surface area contributed by atoms with Gasteiger partial charge < -0.3 is 14.8 Å². The minimum atomic E-state index is -4.87. The minimum absolute atomic E-state index is 0.0817. The van der Waals surface area contributed by atoms with Crippen LogP contribution in [0.25, 0.3) is 10.9 Å². The van der Waals surface area contributed by atoms with Crippen molar-refractivity contribution in [1.29, 1.82) is 0 Å². The van der Waals surface area contributed by atoms with Gasteiger partial charge in [-0.05, 0) is 25.0 Å². The SMILES string of the molecule is COc1cc2nn(C3CCCCC3)cc2cc1NC(=O)c1cncc(OC(F)(F)F)c1. The van der Waals surface area contributed by atoms with Gasteiger partial charge in [-0.2, -0.15) is 5.10 Å². The molecular weight excluding hydrogens is 413 g/mol. The molecule has 0 bridgehead atoms. The van der Waals surface area contributed by atoms with Gasteiger partial charge >= 0.3 is 6.36 Å². The number of fused-ring (bicyclic) bond motifs is 1. The van der Waals surface area contributed by atoms with E-state index in [-0.39, 0.29) is 5.56 Å². The zero-order chi connectivity index (χ0) is 22.0. The molecule has 0 saturated heterocycles. The summed E-state index contributed by atoms with van der Waals surface area (Å²) >= 11 is 0. The Morgan fingerprint density at radius 3 is 2.65 bits per heavy atom. The Bertz CT molecular complexity index is 1090. The average Bonchev–Trinajstić information content (AvgIpc) is 3.15. The Kier molecular flexibility index (Phi) is 5.71. The van der Waals surface area contributed by atoms with Gasteiger partial charge in [-0.15, -0.1) is 13.2 Å². The normalized spacial score (nSPS) is 15.1. The molecule has 2 aromatic heterocycles. The molecule has 0 aliphatic heterocycles. The van der Waals surface area contributed by atoms with Gasteiger partial charge in [0.05, 0.1) is 36.1 Å². The fourth-order valence-electron chi connectivity index (χ4n) is 3.80. The molecular formula is C21H21F3N4O3. The van der Waals surface area contributed by atoms with E-state index in [0.29, 0.717) is 17.5 Å². The van der Waals surface area contributed by atoms with E-state index >= 15 is 0 Å². The molecule has 31 heavy (non-hydrogen) atoms. The Hall–Kier alpha value is -3.30. The summed E-state index contributed by atoms with van der Waals surface area (Å²) in [4.78, 5) is 16.3. The number of halogens is 3. The number of rotatable bonds is 5. The van der Waals surface area contributed by atoms with Crippen LogP contribution in [0.2, 0.25) is 0 Å². The monoisotopic (exact) mass is 434 g/mol. The van der Waals surface area contributed by atoms with E-state index in [1.807, 2.05) is 10.9 Å². The van der Waals surface area contributed by atoms with E-state index in [1.54, 1.807) is 12.1 Å². The van der Waals surface area contributed by atoms with E-state index < -0.39 is 18.0 Å². The van der Waals surface area contributed by atoms with Gasteiger partial charge in [-0.25, -0.2) is 0 Å². The van der Waals surface area contributed by atoms with Crippen LogP contribution in [-0.2, 0) is 0 Å². The lowest BCUT2D eigenvalue weighted by Crippen LogP contribution is -2.18. The lowest BCUT2D eigenvalue weighted by atomic mass is 9.96. The Balaban J connectivity index is 1.58. The van der Waals surface area contributed by atoms with Crippen LogP contribution < -0.4 is 14.8 Å². The molecule has 1 N–H and O–H groups in total. The Labute approximate surface area is 176 Å². The summed E-state index contributed by atoms with van der Waals surface area (Å²) in [5, 5.41) is 8.16. The zero-order valence-electron chi connectivity index (χ0n) is 16.8. The molecule has 3 aromatic rings. The van der Waals surface area contributed by atoms with Crippen LogP contribution in [-0.4, -0.2) is 34.1 Å². The number of amides is 1. The van der Waals surface area contributed by atoms with Gasteiger partial charge in [0, 0.05) is 23.8 Å². The highest BCUT2D eigenvalue weighted by atomic mass is 19.4. The summed E-state index contributed by atoms with van der Waals surface area (Å²) in [6.45, 7) is 0. The van der Waals surface area contributed by atoms with E-state index in [0.717, 1.165) is 42.2 Å². The molecule has 1 saturated carbocycles. The lowest BCUT2D eigenvalue weighted by molar-refractivity contribution is -0.274. The first-order valence-electron chi connectivity index (χ1n) is 9.91. The number of aromatic nitrogens is 3. The van der Waals surface area contributed by atoms with Crippen molar-refractivity contribution in [3.05, 3.63) is 42.4 Å². The van der Waals surface area contributed by atoms with Gasteiger partial charge in [-0.1, -0.05) is 19.3 Å². The maximum Gasteiger partial charge on any atom is 0.573 e. The number of alkyl halides is 3. The predicted molar refractivity (Wildman–Crippen MR) is 107 cm³/mol. The van der Waals surface area contributed by atoms with Gasteiger partial charge in [0.2, 0.25) is 0 Å². The molecule has 0 atom stereocenters. The topological polar surface area (TPSA) is 78.3 Å². The van der Waals surface area contributed by atoms with Gasteiger partial charge in [0.15, 0.2) is 0 Å². The molecule has 0 spiro atoms. The number of benzene rings is 1. The van der Waals surface area contributed by atoms with Crippen LogP contribution in [0.15, 0.2) is 36.8 Å². The van der Waals surface area contributed by atoms with Crippen molar-refractivity contribution < 1.29 is 27.4 Å². The molecule has 10 heteroatoms. The predicted octanol–water partition coefficient (Wildman–Crippen LogP) is 5.10. The standard InChI is InChI=1S/C21H21F3N4O3/c1-30-19-9-17-14(12-28(27-17)15-5-3-2-4-6-15)8-18(19)26-20(29)13-7-16(11-25-10-13)31-21(22,23)24/h7-12,15H,2-6H2,1H3,(H,26,29). The van der Waals surface area contributed by atoms with Crippen molar-refractivity contribution in [3.8, 4) is 11.5 Å². The van der Waals surface area contributed by atoms with Crippen molar-refractivity contribution in [2.45, 2.75) is 44.5 Å². The molecule has 0 radical (unpaired) electrons. The van der Waals surface area contributed by atoms with E-state index in [9.17, 15) is 18.0 Å². The highest BCUT2D eigenvalue weighted by Gasteiger charge is 2.31. The average molecular weight is 434 g/mol. The quantitative estimate of drug-likeness (QED) is 0.605. The number of pyridine rings is 1. The van der Waals surface area contributed by atoms with Gasteiger partial charge in [0.25, 0.3) is 5.91 Å². The Morgan fingerprint density at radius 1 is 1.16 bits per heavy atom. The molecule has 1 fully saturated rings. The third-order valence-electron chi connectivity index (χ3n) is 5.25. The maximum absolute atomic E-state index is 12.6. The summed E-state index contributed by atoms with van der Waals surface area (Å²) in [5.41, 5.74) is 1.04. The largest absolute Gasteiger partial charge is 0.573 e. The highest BCUT2D eigenvalue weighted by Crippen LogP contribution is 2.33. The summed E-state index contributed by atoms with van der Waals surface area (Å²) in [5.74, 6) is -0.820. The Morgan fingerprint density at radius 2 is 1.94 bits per heavy atom. The van der Waals surface area contributed by atoms with Gasteiger partial charge in [-0.3, -0.25) is 14.5 Å². The molecule has 4 rings (SSSR count). The first-order valence-corrected chi connectivity index (χ1v) is 9.91. The fraction of sp³-hybridized carbons (Fsp3) is 0.381. The van der Waals surface area contributed by atoms with Crippen LogP contribution in [0.3, 0.4) is 0 Å². The molecule has 1 aliphatic rings. The van der Waals surface area contributed by atoms with Crippen molar-refractivity contribution in [2.75, 3.05) is 12.4 Å². The molecule has 1 amide bonds. The molecule has 1 aromatic carbocycles. The molecule has 7 nitrogen and oxygen atoms in total. The number of carbonyl (C=O) groups is 1. The number of hydrogen-bond donors (Lipinski definition) is 1. The van der Waals surface area contributed by atoms with Crippen LogP contribution >= 0.6 is 0 Å². The molecule has 164 valence electrons. The fourth-order valence-corrected chi connectivity index (χ4v) is 3.80. The van der Waals surface area contributed by atoms with Crippen molar-refractivity contribution in [2.24, 2.45) is 0 Å². The first-order chi connectivity index (χ1) is 14.8. The van der Waals surface area contributed by atoms with Crippen LogP contribution in [0.1, 0.15) is 48.5 Å². The number of carbonyl (C=O) groups excluding carboxylic acids is 1. The third kappa shape index (κ3) is 4.89. The van der Waals surface area contributed by atoms with Crippen LogP contribution in [0.5, 0.6) is 11.5 Å². The highest BCUT2D eigenvalue weighted by molar-refractivity contribution is 6.06. The number of nitrogens with one attached hydrogen (secondary N) is 1. The van der Waals surface area contributed by atoms with Crippen molar-refractivity contribution >= 4 is 22.5 Å². The summed E-state index contributed by atoms with van der Waals surface area (Å²) in [6.07, 6.45) is 4.87. The third-order valence-corrected chi connectivity index (χ3v) is 5.25. The van der Waals surface area contributed by atoms with E-state index in [4.69, 9.17) is 4.74 Å². The second-order valence-electron chi connectivity index (χ2n) is 7.42. The number of nitrogens with zero attached hydrogens (tertiary/aromatic N) is 3. The zero-order valence-corrected chi connectivity index (χ0v) is 16.8. The van der Waals surface area contributed by atoms with Crippen molar-refractivity contribution in [1.82, 2.24) is 14.8 Å². The smallest absolute Gasteiger partial charge is 0.494 e. The lowest BCUT2D eigenvalue weighted by Gasteiger charge is -2.21. The summed E-state index contributed by atoms with van der Waals surface area (Å²) in [7, 11) is 1.47. The number of anilines is 1. The number of hydrogen-bond acceptors (Lipinski definition) is 5. The molecule has 0 unspecified atom stereocenters. The molecule has 2 heterocycles. The second-order valence-corrected chi connectivity index (χ2v) is 7.42. The second kappa shape index (κ2) is 8.44. The maximum atomic E-state index is 12.6. The van der Waals surface area contributed by atoms with Crippen LogP contribution in [0.4, 0.5) is 18.9 Å². The van der Waals surface area contributed by atoms with E-state index in [2.05, 4.69) is 20.1 Å². The minimum Gasteiger partial charge on any atom is -0.494 e. The van der Waals surface area contributed by atoms with Crippen molar-refractivity contribution in [3.63, 3.8) is 0 Å². The first kappa shape index (κ1) is 21.0. The number of ether oxygens (including phenoxy) is 2. The van der Waals surface area contributed by atoms with Gasteiger partial charge in [0.1, 0.15) is 11.5 Å². The van der Waals surface area contributed by atoms with Crippen LogP contribution in [0, 0.1) is 0 Å². The number of methoxy groups -OCH3 is 1.